The molecule has 0 aliphatic carbocycles. The number of hydrogen-bond donors (Lipinski definition) is 0. The maximum atomic E-state index is 12.5. The molecule has 1 saturated heterocycles. The van der Waals surface area contributed by atoms with Crippen molar-refractivity contribution in [1.82, 2.24) is 9.80 Å². The molecule has 1 aliphatic heterocycles. The van der Waals surface area contributed by atoms with E-state index in [1.807, 2.05) is 6.07 Å². The first kappa shape index (κ1) is 15.7. The third-order valence-electron chi connectivity index (χ3n) is 3.20. The summed E-state index contributed by atoms with van der Waals surface area (Å²) in [4.78, 5) is 27.7. The fraction of sp³-hybridized carbons (Fsp3) is 0.357. The second-order valence-electron chi connectivity index (χ2n) is 4.65. The van der Waals surface area contributed by atoms with Crippen LogP contribution in [0, 0.1) is 11.3 Å². The number of benzene rings is 1. The van der Waals surface area contributed by atoms with Crippen LogP contribution in [0.5, 0.6) is 0 Å². The van der Waals surface area contributed by atoms with E-state index in [9.17, 15) is 9.59 Å². The van der Waals surface area contributed by atoms with Gasteiger partial charge in [0.15, 0.2) is 0 Å². The van der Waals surface area contributed by atoms with Crippen molar-refractivity contribution in [3.8, 4) is 6.07 Å². The largest absolute Gasteiger partial charge is 0.331 e. The van der Waals surface area contributed by atoms with Crippen LogP contribution in [0.3, 0.4) is 0 Å². The number of hydrogen-bond acceptors (Lipinski definition) is 4. The van der Waals surface area contributed by atoms with Gasteiger partial charge in [0.05, 0.1) is 11.9 Å². The van der Waals surface area contributed by atoms with E-state index < -0.39 is 6.04 Å². The van der Waals surface area contributed by atoms with Crippen LogP contribution in [0.25, 0.3) is 0 Å². The Kier molecular flexibility index (Phi) is 5.10. The second-order valence-corrected chi connectivity index (χ2v) is 6.09. The predicted molar refractivity (Wildman–Crippen MR) is 82.0 cm³/mol. The van der Waals surface area contributed by atoms with Gasteiger partial charge in [0.2, 0.25) is 5.91 Å². The van der Waals surface area contributed by atoms with Crippen molar-refractivity contribution < 1.29 is 9.59 Å². The smallest absolute Gasteiger partial charge is 0.255 e. The van der Waals surface area contributed by atoms with Crippen LogP contribution in [0.4, 0.5) is 0 Å². The van der Waals surface area contributed by atoms with Gasteiger partial charge in [-0.3, -0.25) is 9.59 Å². The average molecular weight is 324 g/mol. The molecule has 0 N–H and O–H groups in total. The maximum absolute atomic E-state index is 12.5. The third kappa shape index (κ3) is 3.49. The van der Waals surface area contributed by atoms with Crippen LogP contribution >= 0.6 is 23.4 Å². The molecule has 2 amide bonds. The van der Waals surface area contributed by atoms with Crippen molar-refractivity contribution in [3.63, 3.8) is 0 Å². The van der Waals surface area contributed by atoms with Gasteiger partial charge in [0.25, 0.3) is 5.91 Å². The number of nitriles is 1. The molecular formula is C14H14ClN3O2S. The number of carbonyl (C=O) groups excluding carboxylic acids is 2. The van der Waals surface area contributed by atoms with Crippen molar-refractivity contribution in [2.24, 2.45) is 0 Å². The summed E-state index contributed by atoms with van der Waals surface area (Å²) in [5.74, 6) is 0.621. The number of amides is 2. The summed E-state index contributed by atoms with van der Waals surface area (Å²) in [5, 5.41) is 9.22. The van der Waals surface area contributed by atoms with E-state index in [1.54, 1.807) is 36.2 Å². The molecule has 0 bridgehead atoms. The van der Waals surface area contributed by atoms with Crippen molar-refractivity contribution in [2.75, 3.05) is 25.2 Å². The normalized spacial score (nSPS) is 17.4. The molecule has 1 atom stereocenters. The van der Waals surface area contributed by atoms with Crippen molar-refractivity contribution in [3.05, 3.63) is 34.9 Å². The Bertz CT molecular complexity index is 585. The summed E-state index contributed by atoms with van der Waals surface area (Å²) in [7, 11) is 1.57. The van der Waals surface area contributed by atoms with E-state index in [0.717, 1.165) is 0 Å². The number of rotatable bonds is 3. The number of likely N-dealkylation sites (N-methyl/N-ethyl adjacent to an activating group) is 1. The fourth-order valence-corrected chi connectivity index (χ4v) is 3.32. The monoisotopic (exact) mass is 323 g/mol. The van der Waals surface area contributed by atoms with Crippen LogP contribution in [0.2, 0.25) is 5.02 Å². The van der Waals surface area contributed by atoms with E-state index >= 15 is 0 Å². The molecule has 0 radical (unpaired) electrons. The highest BCUT2D eigenvalue weighted by molar-refractivity contribution is 7.99. The van der Waals surface area contributed by atoms with Gasteiger partial charge < -0.3 is 9.80 Å². The van der Waals surface area contributed by atoms with Crippen LogP contribution < -0.4 is 0 Å². The molecule has 2 rings (SSSR count). The van der Waals surface area contributed by atoms with Crippen LogP contribution in [0.1, 0.15) is 10.4 Å². The van der Waals surface area contributed by atoms with Crippen molar-refractivity contribution in [2.45, 2.75) is 6.04 Å². The minimum Gasteiger partial charge on any atom is -0.331 e. The molecule has 1 aromatic rings. The van der Waals surface area contributed by atoms with Crippen LogP contribution in [-0.2, 0) is 4.79 Å². The zero-order valence-electron chi connectivity index (χ0n) is 11.5. The van der Waals surface area contributed by atoms with Gasteiger partial charge >= 0.3 is 0 Å². The Morgan fingerprint density at radius 2 is 2.14 bits per heavy atom. The molecule has 1 aromatic carbocycles. The van der Waals surface area contributed by atoms with Gasteiger partial charge in [-0.2, -0.15) is 5.26 Å². The predicted octanol–water partition coefficient (Wildman–Crippen LogP) is 1.84. The molecule has 0 aromatic heterocycles. The Labute approximate surface area is 132 Å². The number of nitrogens with zero attached hydrogens (tertiary/aromatic N) is 3. The lowest BCUT2D eigenvalue weighted by Gasteiger charge is -2.26. The Morgan fingerprint density at radius 3 is 2.76 bits per heavy atom. The van der Waals surface area contributed by atoms with Gasteiger partial charge in [-0.25, -0.2) is 0 Å². The highest BCUT2D eigenvalue weighted by atomic mass is 35.5. The SMILES string of the molecule is CN(CC#N)C(=O)C1CSCN1C(=O)c1ccc(Cl)cc1. The molecule has 1 aliphatic rings. The summed E-state index contributed by atoms with van der Waals surface area (Å²) >= 11 is 7.34. The van der Waals surface area contributed by atoms with E-state index in [2.05, 4.69) is 0 Å². The molecule has 7 heteroatoms. The first-order chi connectivity index (χ1) is 10.0. The zero-order chi connectivity index (χ0) is 15.4. The molecule has 21 heavy (non-hydrogen) atoms. The van der Waals surface area contributed by atoms with Crippen molar-refractivity contribution in [1.29, 1.82) is 5.26 Å². The molecule has 1 unspecified atom stereocenters. The lowest BCUT2D eigenvalue weighted by atomic mass is 10.1. The van der Waals surface area contributed by atoms with E-state index in [1.165, 1.54) is 16.7 Å². The number of halogens is 1. The van der Waals surface area contributed by atoms with Crippen molar-refractivity contribution >= 4 is 35.2 Å². The minimum absolute atomic E-state index is 0.0168. The molecule has 0 saturated carbocycles. The highest BCUT2D eigenvalue weighted by Gasteiger charge is 2.36. The second kappa shape index (κ2) is 6.83. The summed E-state index contributed by atoms with van der Waals surface area (Å²) in [5.41, 5.74) is 0.502. The zero-order valence-corrected chi connectivity index (χ0v) is 13.0. The van der Waals surface area contributed by atoms with Gasteiger partial charge in [0.1, 0.15) is 12.6 Å². The quantitative estimate of drug-likeness (QED) is 0.796. The topological polar surface area (TPSA) is 64.4 Å². The molecule has 0 spiro atoms. The van der Waals surface area contributed by atoms with E-state index in [-0.39, 0.29) is 18.4 Å². The average Bonchev–Trinajstić information content (AvgIpc) is 2.96. The maximum Gasteiger partial charge on any atom is 0.255 e. The standard InChI is InChI=1S/C14H14ClN3O2S/c1-17(7-6-16)14(20)12-8-21-9-18(12)13(19)10-2-4-11(15)5-3-10/h2-5,12H,7-9H2,1H3. The van der Waals surface area contributed by atoms with Crippen LogP contribution in [0.15, 0.2) is 24.3 Å². The summed E-state index contributed by atoms with van der Waals surface area (Å²) in [6.45, 7) is 0.0168. The van der Waals surface area contributed by atoms with Gasteiger partial charge in [-0.1, -0.05) is 11.6 Å². The first-order valence-electron chi connectivity index (χ1n) is 6.31. The Balaban J connectivity index is 2.15. The summed E-state index contributed by atoms with van der Waals surface area (Å²) < 4.78 is 0. The number of thioether (sulfide) groups is 1. The van der Waals surface area contributed by atoms with Gasteiger partial charge in [0, 0.05) is 23.4 Å². The molecule has 5 nitrogen and oxygen atoms in total. The lowest BCUT2D eigenvalue weighted by molar-refractivity contribution is -0.132. The third-order valence-corrected chi connectivity index (χ3v) is 4.47. The van der Waals surface area contributed by atoms with Gasteiger partial charge in [-0.05, 0) is 24.3 Å². The molecule has 1 heterocycles. The lowest BCUT2D eigenvalue weighted by Crippen LogP contribution is -2.47. The van der Waals surface area contributed by atoms with E-state index in [4.69, 9.17) is 16.9 Å². The van der Waals surface area contributed by atoms with Crippen LogP contribution in [-0.4, -0.2) is 52.9 Å². The minimum atomic E-state index is -0.517. The Hall–Kier alpha value is -1.71. The molecule has 110 valence electrons. The Morgan fingerprint density at radius 1 is 1.48 bits per heavy atom. The summed E-state index contributed by atoms with van der Waals surface area (Å²) in [6.07, 6.45) is 0. The summed E-state index contributed by atoms with van der Waals surface area (Å²) in [6, 6.07) is 8.01. The van der Waals surface area contributed by atoms with Gasteiger partial charge in [-0.15, -0.1) is 11.8 Å². The highest BCUT2D eigenvalue weighted by Crippen LogP contribution is 2.24. The fourth-order valence-electron chi connectivity index (χ4n) is 2.04. The molecule has 1 fully saturated rings. The first-order valence-corrected chi connectivity index (χ1v) is 7.84. The molecular weight excluding hydrogens is 310 g/mol. The number of carbonyl (C=O) groups is 2. The van der Waals surface area contributed by atoms with E-state index in [0.29, 0.717) is 22.2 Å².